The average Bonchev–Trinajstić information content (AvgIpc) is 3.41. The van der Waals surface area contributed by atoms with Crippen LogP contribution in [0.4, 0.5) is 11.8 Å². The predicted octanol–water partition coefficient (Wildman–Crippen LogP) is 4.32. The van der Waals surface area contributed by atoms with Gasteiger partial charge in [0.05, 0.1) is 5.52 Å². The second kappa shape index (κ2) is 9.38. The lowest BCUT2D eigenvalue weighted by molar-refractivity contribution is 0.334. The van der Waals surface area contributed by atoms with Gasteiger partial charge in [-0.05, 0) is 87.1 Å². The van der Waals surface area contributed by atoms with E-state index in [1.807, 2.05) is 26.2 Å². The molecule has 5 rings (SSSR count). The average molecular weight is 453 g/mol. The van der Waals surface area contributed by atoms with Gasteiger partial charge in [-0.15, -0.1) is 0 Å². The maximum absolute atomic E-state index is 5.60. The van der Waals surface area contributed by atoms with Gasteiger partial charge in [0.15, 0.2) is 5.11 Å². The molecule has 0 spiro atoms. The summed E-state index contributed by atoms with van der Waals surface area (Å²) >= 11 is 5.60. The van der Waals surface area contributed by atoms with E-state index in [2.05, 4.69) is 33.0 Å². The Bertz CT molecular complexity index is 955. The fourth-order valence-electron chi connectivity index (χ4n) is 6.04. The Hall–Kier alpha value is -2.15. The van der Waals surface area contributed by atoms with E-state index in [4.69, 9.17) is 22.2 Å². The highest BCUT2D eigenvalue weighted by atomic mass is 32.1. The van der Waals surface area contributed by atoms with Crippen molar-refractivity contribution >= 4 is 40.0 Å². The van der Waals surface area contributed by atoms with Gasteiger partial charge in [-0.3, -0.25) is 0 Å². The van der Waals surface area contributed by atoms with Crippen LogP contribution in [0.15, 0.2) is 24.3 Å². The first kappa shape index (κ1) is 21.7. The first-order chi connectivity index (χ1) is 15.5. The van der Waals surface area contributed by atoms with Gasteiger partial charge < -0.3 is 20.9 Å². The van der Waals surface area contributed by atoms with E-state index in [-0.39, 0.29) is 0 Å². The summed E-state index contributed by atoms with van der Waals surface area (Å²) in [6.45, 7) is 0.983. The van der Waals surface area contributed by atoms with E-state index in [0.717, 1.165) is 59.0 Å². The minimum absolute atomic E-state index is 0.432. The van der Waals surface area contributed by atoms with E-state index < -0.39 is 0 Å². The standard InChI is InChI=1S/C25H36N6S/c1-31(2)23-20-5-3-4-6-21(20)28-24(30-23)27-19-11-8-16(9-12-19)15-26-25(32)29-22-14-17-7-10-18(22)13-17/h3-6,16-19,22H,7-15H2,1-2H3,(H2,26,29,32)(H,27,28,30)/t16-,17-,18+,19+,22?/m1/s1. The van der Waals surface area contributed by atoms with Crippen LogP contribution in [-0.4, -0.2) is 47.8 Å². The molecule has 6 nitrogen and oxygen atoms in total. The van der Waals surface area contributed by atoms with Crippen LogP contribution in [0.5, 0.6) is 0 Å². The summed E-state index contributed by atoms with van der Waals surface area (Å²) in [6, 6.07) is 9.27. The molecular formula is C25H36N6S. The Morgan fingerprint density at radius 2 is 1.84 bits per heavy atom. The summed E-state index contributed by atoms with van der Waals surface area (Å²) < 4.78 is 0. The van der Waals surface area contributed by atoms with Crippen LogP contribution in [0, 0.1) is 17.8 Å². The topological polar surface area (TPSA) is 65.1 Å². The molecule has 1 unspecified atom stereocenters. The first-order valence-corrected chi connectivity index (χ1v) is 12.7. The van der Waals surface area contributed by atoms with Crippen molar-refractivity contribution in [3.63, 3.8) is 0 Å². The molecule has 0 saturated heterocycles. The van der Waals surface area contributed by atoms with Crippen molar-refractivity contribution in [2.45, 2.75) is 63.5 Å². The number of nitrogens with zero attached hydrogens (tertiary/aromatic N) is 3. The Morgan fingerprint density at radius 1 is 1.03 bits per heavy atom. The highest BCUT2D eigenvalue weighted by molar-refractivity contribution is 7.80. The summed E-state index contributed by atoms with van der Waals surface area (Å²) in [5.41, 5.74) is 0.989. The van der Waals surface area contributed by atoms with Crippen molar-refractivity contribution < 1.29 is 0 Å². The van der Waals surface area contributed by atoms with Crippen molar-refractivity contribution in [3.05, 3.63) is 24.3 Å². The van der Waals surface area contributed by atoms with E-state index in [9.17, 15) is 0 Å². The molecule has 2 bridgehead atoms. The van der Waals surface area contributed by atoms with E-state index in [1.54, 1.807) is 0 Å². The van der Waals surface area contributed by atoms with Gasteiger partial charge in [0.25, 0.3) is 0 Å². The van der Waals surface area contributed by atoms with Crippen LogP contribution in [0.3, 0.4) is 0 Å². The third-order valence-corrected chi connectivity index (χ3v) is 8.05. The molecule has 7 heteroatoms. The number of benzene rings is 1. The van der Waals surface area contributed by atoms with Crippen LogP contribution >= 0.6 is 12.2 Å². The monoisotopic (exact) mass is 452 g/mol. The Labute approximate surface area is 197 Å². The lowest BCUT2D eigenvalue weighted by Crippen LogP contribution is -2.45. The SMILES string of the molecule is CN(C)c1nc(N[C@H]2CC[C@@H](CNC(=S)NC3C[C@@H]4CC[C@H]3C4)CC2)nc2ccccc12. The lowest BCUT2D eigenvalue weighted by atomic mass is 9.86. The largest absolute Gasteiger partial charge is 0.362 e. The van der Waals surface area contributed by atoms with E-state index >= 15 is 0 Å². The number of hydrogen-bond donors (Lipinski definition) is 3. The highest BCUT2D eigenvalue weighted by Gasteiger charge is 2.39. The van der Waals surface area contributed by atoms with Crippen molar-refractivity contribution in [1.29, 1.82) is 0 Å². The van der Waals surface area contributed by atoms with Crippen molar-refractivity contribution in [2.75, 3.05) is 30.9 Å². The summed E-state index contributed by atoms with van der Waals surface area (Å²) in [4.78, 5) is 11.6. The Balaban J connectivity index is 1.09. The van der Waals surface area contributed by atoms with Crippen LogP contribution in [0.25, 0.3) is 10.9 Å². The van der Waals surface area contributed by atoms with Gasteiger partial charge in [0.1, 0.15) is 5.82 Å². The van der Waals surface area contributed by atoms with Crippen molar-refractivity contribution in [3.8, 4) is 0 Å². The normalized spacial score (nSPS) is 29.1. The zero-order chi connectivity index (χ0) is 22.1. The van der Waals surface area contributed by atoms with Crippen molar-refractivity contribution in [1.82, 2.24) is 20.6 Å². The van der Waals surface area contributed by atoms with Crippen LogP contribution < -0.4 is 20.9 Å². The molecule has 3 aliphatic rings. The molecule has 1 aromatic carbocycles. The summed E-state index contributed by atoms with van der Waals surface area (Å²) in [5.74, 6) is 4.19. The number of nitrogens with one attached hydrogen (secondary N) is 3. The maximum atomic E-state index is 5.60. The van der Waals surface area contributed by atoms with Gasteiger partial charge in [-0.2, -0.15) is 4.98 Å². The molecule has 1 heterocycles. The zero-order valence-electron chi connectivity index (χ0n) is 19.3. The lowest BCUT2D eigenvalue weighted by Gasteiger charge is -2.30. The summed E-state index contributed by atoms with van der Waals surface area (Å²) in [7, 11) is 4.07. The summed E-state index contributed by atoms with van der Waals surface area (Å²) in [5, 5.41) is 12.7. The molecule has 3 atom stereocenters. The van der Waals surface area contributed by atoms with Crippen LogP contribution in [0.2, 0.25) is 0 Å². The molecule has 0 aliphatic heterocycles. The number of rotatable bonds is 6. The number of thiocarbonyl (C=S) groups is 1. The van der Waals surface area contributed by atoms with Gasteiger partial charge >= 0.3 is 0 Å². The number of para-hydroxylation sites is 1. The maximum Gasteiger partial charge on any atom is 0.225 e. The number of anilines is 2. The first-order valence-electron chi connectivity index (χ1n) is 12.3. The molecule has 0 amide bonds. The molecule has 172 valence electrons. The Kier molecular flexibility index (Phi) is 6.35. The molecule has 3 fully saturated rings. The second-order valence-electron chi connectivity index (χ2n) is 10.3. The van der Waals surface area contributed by atoms with Gasteiger partial charge in [0, 0.05) is 38.1 Å². The molecule has 0 radical (unpaired) electrons. The fraction of sp³-hybridized carbons (Fsp3) is 0.640. The van der Waals surface area contributed by atoms with Crippen molar-refractivity contribution in [2.24, 2.45) is 17.8 Å². The number of hydrogen-bond acceptors (Lipinski definition) is 5. The minimum Gasteiger partial charge on any atom is -0.362 e. The van der Waals surface area contributed by atoms with Gasteiger partial charge in [-0.1, -0.05) is 18.6 Å². The predicted molar refractivity (Wildman–Crippen MR) is 136 cm³/mol. The molecular weight excluding hydrogens is 416 g/mol. The van der Waals surface area contributed by atoms with E-state index in [1.165, 1.54) is 38.5 Å². The smallest absolute Gasteiger partial charge is 0.225 e. The molecule has 3 aliphatic carbocycles. The molecule has 32 heavy (non-hydrogen) atoms. The zero-order valence-corrected chi connectivity index (χ0v) is 20.1. The fourth-order valence-corrected chi connectivity index (χ4v) is 6.27. The minimum atomic E-state index is 0.432. The third kappa shape index (κ3) is 4.77. The highest BCUT2D eigenvalue weighted by Crippen LogP contribution is 2.44. The van der Waals surface area contributed by atoms with Crippen LogP contribution in [-0.2, 0) is 0 Å². The number of aromatic nitrogens is 2. The molecule has 3 saturated carbocycles. The second-order valence-corrected chi connectivity index (χ2v) is 10.7. The molecule has 2 aromatic rings. The number of fused-ring (bicyclic) bond motifs is 3. The van der Waals surface area contributed by atoms with Gasteiger partial charge in [-0.25, -0.2) is 4.98 Å². The molecule has 3 N–H and O–H groups in total. The van der Waals surface area contributed by atoms with E-state index in [0.29, 0.717) is 18.0 Å². The Morgan fingerprint density at radius 3 is 2.56 bits per heavy atom. The third-order valence-electron chi connectivity index (χ3n) is 7.79. The summed E-state index contributed by atoms with van der Waals surface area (Å²) in [6.07, 6.45) is 10.2. The quantitative estimate of drug-likeness (QED) is 0.564. The van der Waals surface area contributed by atoms with Gasteiger partial charge in [0.2, 0.25) is 5.95 Å². The van der Waals surface area contributed by atoms with Crippen LogP contribution in [0.1, 0.15) is 51.4 Å². The molecule has 1 aromatic heterocycles.